The van der Waals surface area contributed by atoms with Gasteiger partial charge in [-0.3, -0.25) is 19.2 Å². The van der Waals surface area contributed by atoms with Gasteiger partial charge in [0.15, 0.2) is 0 Å². The number of hydrogen-bond acceptors (Lipinski definition) is 8. The number of carboxylic acids is 3. The second-order valence-electron chi connectivity index (χ2n) is 11.3. The molecule has 0 fully saturated rings. The van der Waals surface area contributed by atoms with Gasteiger partial charge in [-0.15, -0.1) is 6.42 Å². The summed E-state index contributed by atoms with van der Waals surface area (Å²) in [5.74, 6) is -3.31. The summed E-state index contributed by atoms with van der Waals surface area (Å²) in [6.45, 7) is -0.0504. The molecule has 0 bridgehead atoms. The summed E-state index contributed by atoms with van der Waals surface area (Å²) in [6.07, 6.45) is 5.99. The molecule has 0 aromatic heterocycles. The Morgan fingerprint density at radius 2 is 1.62 bits per heavy atom. The van der Waals surface area contributed by atoms with Crippen LogP contribution < -0.4 is 15.5 Å². The predicted molar refractivity (Wildman–Crippen MR) is 167 cm³/mol. The van der Waals surface area contributed by atoms with E-state index < -0.39 is 60.6 Å². The van der Waals surface area contributed by atoms with Gasteiger partial charge in [-0.2, -0.15) is 0 Å². The zero-order valence-electron chi connectivity index (χ0n) is 25.3. The monoisotopic (exact) mass is 646 g/mol. The van der Waals surface area contributed by atoms with Crippen LogP contribution in [0, 0.1) is 12.3 Å². The van der Waals surface area contributed by atoms with Crippen LogP contribution in [0.4, 0.5) is 5.69 Å². The molecule has 1 aliphatic heterocycles. The molecule has 3 amide bonds. The molecule has 0 unspecified atom stereocenters. The van der Waals surface area contributed by atoms with Crippen LogP contribution in [0.1, 0.15) is 75.6 Å². The Kier molecular flexibility index (Phi) is 11.1. The van der Waals surface area contributed by atoms with E-state index in [9.17, 15) is 44.1 Å². The Hall–Kier alpha value is -5.55. The first-order valence-corrected chi connectivity index (χ1v) is 14.9. The molecule has 4 rings (SSSR count). The number of benzene rings is 2. The molecule has 3 atom stereocenters. The van der Waals surface area contributed by atoms with E-state index >= 15 is 0 Å². The summed E-state index contributed by atoms with van der Waals surface area (Å²) in [6, 6.07) is 7.14. The van der Waals surface area contributed by atoms with Gasteiger partial charge < -0.3 is 36.0 Å². The lowest BCUT2D eigenvalue weighted by atomic mass is 9.92. The molecule has 0 saturated heterocycles. The van der Waals surface area contributed by atoms with Crippen LogP contribution >= 0.6 is 0 Å². The average molecular weight is 647 g/mol. The molecule has 2 aromatic carbocycles. The van der Waals surface area contributed by atoms with Gasteiger partial charge in [0.1, 0.15) is 12.1 Å². The van der Waals surface area contributed by atoms with Crippen molar-refractivity contribution < 1.29 is 49.2 Å². The fourth-order valence-electron chi connectivity index (χ4n) is 5.76. The molecule has 1 heterocycles. The Morgan fingerprint density at radius 3 is 2.23 bits per heavy atom. The van der Waals surface area contributed by atoms with Crippen LogP contribution in [0.5, 0.6) is 0 Å². The summed E-state index contributed by atoms with van der Waals surface area (Å²) in [7, 11) is 0. The van der Waals surface area contributed by atoms with E-state index in [-0.39, 0.29) is 37.6 Å². The van der Waals surface area contributed by atoms with E-state index in [1.807, 2.05) is 17.0 Å². The van der Waals surface area contributed by atoms with E-state index in [1.54, 1.807) is 12.1 Å². The summed E-state index contributed by atoms with van der Waals surface area (Å²) < 4.78 is 0. The SMILES string of the molecule is C#CCN(c1ccc(C(=O)N[C@@H](CCC(=O)N[C@H](CCC(=O)O)C(=O)O)C(=O)O)cc1)[C@H]1CCc2cc3c(cc21)C(=O)N=C(CO)C3. The van der Waals surface area contributed by atoms with Gasteiger partial charge in [-0.1, -0.05) is 12.0 Å². The van der Waals surface area contributed by atoms with E-state index in [0.29, 0.717) is 23.4 Å². The molecule has 0 saturated carbocycles. The predicted octanol–water partition coefficient (Wildman–Crippen LogP) is 1.34. The summed E-state index contributed by atoms with van der Waals surface area (Å²) in [5, 5.41) is 41.6. The smallest absolute Gasteiger partial charge is 0.326 e. The number of aliphatic hydroxyl groups excluding tert-OH is 1. The number of rotatable bonds is 15. The summed E-state index contributed by atoms with van der Waals surface area (Å²) in [4.78, 5) is 77.7. The first kappa shape index (κ1) is 34.3. The van der Waals surface area contributed by atoms with Crippen molar-refractivity contribution in [3.8, 4) is 12.3 Å². The van der Waals surface area contributed by atoms with Gasteiger partial charge in [0.2, 0.25) is 5.91 Å². The van der Waals surface area contributed by atoms with Crippen molar-refractivity contribution >= 4 is 47.0 Å². The van der Waals surface area contributed by atoms with E-state index in [4.69, 9.17) is 11.5 Å². The van der Waals surface area contributed by atoms with Crippen LogP contribution in [0.15, 0.2) is 41.4 Å². The topological polar surface area (TPSA) is 223 Å². The molecule has 0 spiro atoms. The van der Waals surface area contributed by atoms with Crippen molar-refractivity contribution in [3.63, 3.8) is 0 Å². The van der Waals surface area contributed by atoms with Crippen molar-refractivity contribution in [1.82, 2.24) is 10.6 Å². The Morgan fingerprint density at radius 1 is 0.957 bits per heavy atom. The zero-order valence-corrected chi connectivity index (χ0v) is 25.3. The maximum atomic E-state index is 12.9. The third-order valence-corrected chi connectivity index (χ3v) is 8.12. The maximum Gasteiger partial charge on any atom is 0.326 e. The summed E-state index contributed by atoms with van der Waals surface area (Å²) >= 11 is 0. The van der Waals surface area contributed by atoms with Crippen LogP contribution in [0.25, 0.3) is 0 Å². The van der Waals surface area contributed by atoms with Crippen molar-refractivity contribution in [2.24, 2.45) is 4.99 Å². The molecular formula is C33H34N4O10. The maximum absolute atomic E-state index is 12.9. The quantitative estimate of drug-likeness (QED) is 0.152. The van der Waals surface area contributed by atoms with Gasteiger partial charge in [-0.25, -0.2) is 14.6 Å². The number of fused-ring (bicyclic) bond motifs is 2. The second kappa shape index (κ2) is 15.2. The van der Waals surface area contributed by atoms with Crippen LogP contribution in [-0.4, -0.2) is 87.0 Å². The van der Waals surface area contributed by atoms with Gasteiger partial charge in [0.25, 0.3) is 11.8 Å². The number of nitrogens with one attached hydrogen (secondary N) is 2. The fraction of sp³-hybridized carbons (Fsp3) is 0.364. The number of carbonyl (C=O) groups excluding carboxylic acids is 3. The standard InChI is InChI=1S/C33H34N4O10/c1-2-13-37(27-10-5-19-14-20-15-21(17-38)34-31(43)24(20)16-23(19)27)22-6-3-18(4-7-22)30(42)36-26(33(46)47)8-11-28(39)35-25(32(44)45)9-12-29(40)41/h1,3-4,6-7,14,16,25-27,38H,5,8-13,15,17H2,(H,35,39)(H,36,42)(H,40,41)(H,44,45)(H,46,47)/t25-,26+,27+/m1/s1. The second-order valence-corrected chi connectivity index (χ2v) is 11.3. The highest BCUT2D eigenvalue weighted by Crippen LogP contribution is 2.40. The number of aliphatic carboxylic acids is 3. The Bertz CT molecular complexity index is 1660. The highest BCUT2D eigenvalue weighted by atomic mass is 16.4. The molecule has 0 radical (unpaired) electrons. The number of carboxylic acid groups (broad SMARTS) is 3. The number of carbonyl (C=O) groups is 6. The van der Waals surface area contributed by atoms with Gasteiger partial charge >= 0.3 is 17.9 Å². The number of nitrogens with zero attached hydrogens (tertiary/aromatic N) is 2. The molecule has 47 heavy (non-hydrogen) atoms. The lowest BCUT2D eigenvalue weighted by Crippen LogP contribution is -2.44. The van der Waals surface area contributed by atoms with E-state index in [2.05, 4.69) is 21.5 Å². The molecular weight excluding hydrogens is 612 g/mol. The number of aliphatic hydroxyl groups is 1. The van der Waals surface area contributed by atoms with Gasteiger partial charge in [0, 0.05) is 36.1 Å². The Balaban J connectivity index is 1.42. The first-order valence-electron chi connectivity index (χ1n) is 14.9. The van der Waals surface area contributed by atoms with Crippen molar-refractivity contribution in [3.05, 3.63) is 64.2 Å². The molecule has 246 valence electrons. The zero-order chi connectivity index (χ0) is 34.2. The molecule has 14 nitrogen and oxygen atoms in total. The molecule has 6 N–H and O–H groups in total. The molecule has 14 heteroatoms. The number of anilines is 1. The molecule has 2 aliphatic rings. The van der Waals surface area contributed by atoms with Crippen molar-refractivity contribution in [2.75, 3.05) is 18.1 Å². The fourth-order valence-corrected chi connectivity index (χ4v) is 5.76. The first-order chi connectivity index (χ1) is 22.4. The van der Waals surface area contributed by atoms with Crippen molar-refractivity contribution in [2.45, 2.75) is 63.1 Å². The lowest BCUT2D eigenvalue weighted by Gasteiger charge is -2.31. The highest BCUT2D eigenvalue weighted by Gasteiger charge is 2.32. The van der Waals surface area contributed by atoms with Gasteiger partial charge in [0.05, 0.1) is 24.9 Å². The largest absolute Gasteiger partial charge is 0.481 e. The van der Waals surface area contributed by atoms with Gasteiger partial charge in [-0.05, 0) is 72.7 Å². The average Bonchev–Trinajstić information content (AvgIpc) is 3.44. The third-order valence-electron chi connectivity index (χ3n) is 8.12. The number of hydrogen-bond donors (Lipinski definition) is 6. The van der Waals surface area contributed by atoms with E-state index in [0.717, 1.165) is 29.5 Å². The number of amides is 3. The number of aryl methyl sites for hydroxylation is 1. The molecule has 1 aliphatic carbocycles. The van der Waals surface area contributed by atoms with Crippen molar-refractivity contribution in [1.29, 1.82) is 0 Å². The van der Waals surface area contributed by atoms with E-state index in [1.165, 1.54) is 12.1 Å². The highest BCUT2D eigenvalue weighted by molar-refractivity contribution is 6.09. The number of terminal acetylenes is 1. The minimum atomic E-state index is -1.46. The normalized spacial score (nSPS) is 16.0. The minimum absolute atomic E-state index is 0.147. The molecule has 2 aromatic rings. The minimum Gasteiger partial charge on any atom is -0.481 e. The van der Waals surface area contributed by atoms with Crippen LogP contribution in [0.2, 0.25) is 0 Å². The Labute approximate surface area is 269 Å². The lowest BCUT2D eigenvalue weighted by molar-refractivity contribution is -0.143. The van der Waals surface area contributed by atoms with Crippen LogP contribution in [-0.2, 0) is 32.0 Å². The summed E-state index contributed by atoms with van der Waals surface area (Å²) in [5.41, 5.74) is 4.61. The van der Waals surface area contributed by atoms with Crippen LogP contribution in [0.3, 0.4) is 0 Å². The number of aliphatic imine (C=N–C) groups is 1. The third kappa shape index (κ3) is 8.39.